The lowest BCUT2D eigenvalue weighted by Crippen LogP contribution is -2.21. The van der Waals surface area contributed by atoms with Crippen LogP contribution in [0.4, 0.5) is 0 Å². The third-order valence-electron chi connectivity index (χ3n) is 4.37. The Kier molecular flexibility index (Phi) is 5.13. The molecule has 0 fully saturated rings. The third kappa shape index (κ3) is 3.18. The van der Waals surface area contributed by atoms with Gasteiger partial charge in [-0.2, -0.15) is 0 Å². The zero-order valence-corrected chi connectivity index (χ0v) is 13.1. The van der Waals surface area contributed by atoms with Crippen LogP contribution in [0.2, 0.25) is 0 Å². The molecule has 20 heavy (non-hydrogen) atoms. The lowest BCUT2D eigenvalue weighted by Gasteiger charge is -2.22. The molecule has 0 amide bonds. The van der Waals surface area contributed by atoms with E-state index in [2.05, 4.69) is 56.4 Å². The number of aromatic nitrogens is 1. The predicted octanol–water partition coefficient (Wildman–Crippen LogP) is 4.63. The smallest absolute Gasteiger partial charge is 0.0708 e. The second-order valence-electron chi connectivity index (χ2n) is 5.64. The number of nitrogens with one attached hydrogen (secondary N) is 1. The van der Waals surface area contributed by atoms with Gasteiger partial charge in [0.1, 0.15) is 0 Å². The summed E-state index contributed by atoms with van der Waals surface area (Å²) < 4.78 is 0. The van der Waals surface area contributed by atoms with Crippen LogP contribution in [0.15, 0.2) is 30.3 Å². The molecule has 1 N–H and O–H groups in total. The molecule has 2 nitrogen and oxygen atoms in total. The summed E-state index contributed by atoms with van der Waals surface area (Å²) in [6.07, 6.45) is 3.64. The van der Waals surface area contributed by atoms with Crippen LogP contribution in [0.25, 0.3) is 10.9 Å². The predicted molar refractivity (Wildman–Crippen MR) is 87.0 cm³/mol. The largest absolute Gasteiger partial charge is 0.312 e. The second kappa shape index (κ2) is 6.85. The molecular weight excluding hydrogens is 244 g/mol. The number of aryl methyl sites for hydroxylation is 1. The fourth-order valence-corrected chi connectivity index (χ4v) is 2.90. The number of hydrogen-bond acceptors (Lipinski definition) is 2. The Morgan fingerprint density at radius 1 is 1.15 bits per heavy atom. The van der Waals surface area contributed by atoms with Gasteiger partial charge in [0.05, 0.1) is 11.2 Å². The maximum absolute atomic E-state index is 4.87. The highest BCUT2D eigenvalue weighted by atomic mass is 14.9. The summed E-state index contributed by atoms with van der Waals surface area (Å²) in [5, 5.41) is 4.70. The van der Waals surface area contributed by atoms with Gasteiger partial charge in [0.2, 0.25) is 0 Å². The number of pyridine rings is 1. The SMILES string of the molecule is CCC(CC)CC(NC)c1cc(C)c2ccccc2n1. The first-order chi connectivity index (χ1) is 9.69. The zero-order valence-electron chi connectivity index (χ0n) is 13.1. The van der Waals surface area contributed by atoms with E-state index >= 15 is 0 Å². The first-order valence-electron chi connectivity index (χ1n) is 7.73. The Labute approximate surface area is 122 Å². The van der Waals surface area contributed by atoms with Crippen molar-refractivity contribution in [2.75, 3.05) is 7.05 Å². The standard InChI is InChI=1S/C18H26N2/c1-5-14(6-2)12-17(19-4)18-11-13(3)15-9-7-8-10-16(15)20-18/h7-11,14,17,19H,5-6,12H2,1-4H3. The van der Waals surface area contributed by atoms with Gasteiger partial charge in [-0.1, -0.05) is 44.9 Å². The topological polar surface area (TPSA) is 24.9 Å². The van der Waals surface area contributed by atoms with Crippen molar-refractivity contribution in [3.05, 3.63) is 41.6 Å². The van der Waals surface area contributed by atoms with E-state index in [9.17, 15) is 0 Å². The van der Waals surface area contributed by atoms with E-state index < -0.39 is 0 Å². The van der Waals surface area contributed by atoms with Crippen molar-refractivity contribution in [3.8, 4) is 0 Å². The number of fused-ring (bicyclic) bond motifs is 1. The fraction of sp³-hybridized carbons (Fsp3) is 0.500. The molecule has 0 aliphatic rings. The van der Waals surface area contributed by atoms with Crippen molar-refractivity contribution in [2.45, 2.75) is 46.1 Å². The fourth-order valence-electron chi connectivity index (χ4n) is 2.90. The molecule has 0 spiro atoms. The average molecular weight is 270 g/mol. The van der Waals surface area contributed by atoms with Gasteiger partial charge >= 0.3 is 0 Å². The normalized spacial score (nSPS) is 13.1. The van der Waals surface area contributed by atoms with Crippen LogP contribution >= 0.6 is 0 Å². The molecule has 1 atom stereocenters. The van der Waals surface area contributed by atoms with Crippen molar-refractivity contribution in [3.63, 3.8) is 0 Å². The van der Waals surface area contributed by atoms with Crippen LogP contribution < -0.4 is 5.32 Å². The summed E-state index contributed by atoms with van der Waals surface area (Å²) >= 11 is 0. The van der Waals surface area contributed by atoms with Crippen molar-refractivity contribution in [1.82, 2.24) is 10.3 Å². The maximum Gasteiger partial charge on any atom is 0.0708 e. The van der Waals surface area contributed by atoms with Crippen molar-refractivity contribution < 1.29 is 0 Å². The molecule has 0 saturated carbocycles. The number of para-hydroxylation sites is 1. The van der Waals surface area contributed by atoms with Gasteiger partial charge in [-0.15, -0.1) is 0 Å². The Morgan fingerprint density at radius 2 is 1.85 bits per heavy atom. The molecule has 0 saturated heterocycles. The minimum atomic E-state index is 0.350. The molecule has 0 bridgehead atoms. The zero-order chi connectivity index (χ0) is 14.5. The van der Waals surface area contributed by atoms with E-state index in [1.807, 2.05) is 7.05 Å². The van der Waals surface area contributed by atoms with Crippen molar-refractivity contribution in [2.24, 2.45) is 5.92 Å². The molecule has 0 aliphatic heterocycles. The van der Waals surface area contributed by atoms with Gasteiger partial charge in [-0.25, -0.2) is 0 Å². The van der Waals surface area contributed by atoms with E-state index in [-0.39, 0.29) is 0 Å². The third-order valence-corrected chi connectivity index (χ3v) is 4.37. The van der Waals surface area contributed by atoms with E-state index in [1.54, 1.807) is 0 Å². The highest BCUT2D eigenvalue weighted by Gasteiger charge is 2.16. The van der Waals surface area contributed by atoms with Crippen molar-refractivity contribution in [1.29, 1.82) is 0 Å². The van der Waals surface area contributed by atoms with E-state index in [1.165, 1.54) is 29.5 Å². The summed E-state index contributed by atoms with van der Waals surface area (Å²) in [7, 11) is 2.04. The van der Waals surface area contributed by atoms with Crippen LogP contribution in [0.1, 0.15) is 50.4 Å². The molecule has 0 radical (unpaired) electrons. The quantitative estimate of drug-likeness (QED) is 0.827. The first-order valence-corrected chi connectivity index (χ1v) is 7.73. The number of nitrogens with zero attached hydrogens (tertiary/aromatic N) is 1. The first kappa shape index (κ1) is 15.0. The Hall–Kier alpha value is -1.41. The summed E-state index contributed by atoms with van der Waals surface area (Å²) in [4.78, 5) is 4.87. The van der Waals surface area contributed by atoms with Gasteiger partial charge in [0.15, 0.2) is 0 Å². The molecule has 1 aromatic carbocycles. The van der Waals surface area contributed by atoms with Crippen LogP contribution in [0.5, 0.6) is 0 Å². The van der Waals surface area contributed by atoms with E-state index in [4.69, 9.17) is 4.98 Å². The average Bonchev–Trinajstić information content (AvgIpc) is 2.48. The Bertz CT molecular complexity index is 558. The van der Waals surface area contributed by atoms with Gasteiger partial charge in [-0.05, 0) is 44.0 Å². The molecule has 1 aromatic heterocycles. The Morgan fingerprint density at radius 3 is 2.50 bits per heavy atom. The van der Waals surface area contributed by atoms with Gasteiger partial charge in [0.25, 0.3) is 0 Å². The van der Waals surface area contributed by atoms with Crippen molar-refractivity contribution >= 4 is 10.9 Å². The van der Waals surface area contributed by atoms with Crippen LogP contribution in [0.3, 0.4) is 0 Å². The van der Waals surface area contributed by atoms with Crippen LogP contribution in [-0.2, 0) is 0 Å². The van der Waals surface area contributed by atoms with E-state index in [0.717, 1.165) is 17.9 Å². The minimum absolute atomic E-state index is 0.350. The summed E-state index contributed by atoms with van der Waals surface area (Å²) in [6.45, 7) is 6.73. The molecule has 2 aromatic rings. The van der Waals surface area contributed by atoms with Gasteiger partial charge in [0, 0.05) is 11.4 Å². The molecule has 1 heterocycles. The lowest BCUT2D eigenvalue weighted by atomic mass is 9.92. The van der Waals surface area contributed by atoms with Crippen LogP contribution in [-0.4, -0.2) is 12.0 Å². The summed E-state index contributed by atoms with van der Waals surface area (Å²) in [5.41, 5.74) is 3.60. The number of hydrogen-bond donors (Lipinski definition) is 1. The lowest BCUT2D eigenvalue weighted by molar-refractivity contribution is 0.381. The molecule has 1 unspecified atom stereocenters. The summed E-state index contributed by atoms with van der Waals surface area (Å²) in [6, 6.07) is 11.0. The Balaban J connectivity index is 2.34. The molecule has 0 aliphatic carbocycles. The summed E-state index contributed by atoms with van der Waals surface area (Å²) in [5.74, 6) is 0.765. The molecule has 2 heteroatoms. The second-order valence-corrected chi connectivity index (χ2v) is 5.64. The monoisotopic (exact) mass is 270 g/mol. The van der Waals surface area contributed by atoms with Gasteiger partial charge in [-0.3, -0.25) is 4.98 Å². The van der Waals surface area contributed by atoms with E-state index in [0.29, 0.717) is 6.04 Å². The molecule has 2 rings (SSSR count). The molecule has 108 valence electrons. The maximum atomic E-state index is 4.87. The number of rotatable bonds is 6. The highest BCUT2D eigenvalue weighted by Crippen LogP contribution is 2.27. The van der Waals surface area contributed by atoms with Crippen LogP contribution in [0, 0.1) is 12.8 Å². The number of benzene rings is 1. The highest BCUT2D eigenvalue weighted by molar-refractivity contribution is 5.82. The molecular formula is C18H26N2. The minimum Gasteiger partial charge on any atom is -0.312 e. The van der Waals surface area contributed by atoms with Gasteiger partial charge < -0.3 is 5.32 Å².